The minimum absolute atomic E-state index is 0.00106. The van der Waals surface area contributed by atoms with E-state index in [1.165, 1.54) is 72.0 Å². The van der Waals surface area contributed by atoms with Gasteiger partial charge < -0.3 is 38.2 Å². The minimum Gasteiger partial charge on any atom is -0.493 e. The van der Waals surface area contributed by atoms with Crippen molar-refractivity contribution in [3.8, 4) is 34.5 Å². The van der Waals surface area contributed by atoms with Crippen molar-refractivity contribution < 1.29 is 74.0 Å². The zero-order chi connectivity index (χ0) is 89.9. The standard InChI is InChI=1S/C35H38N4O6S2.C34H36N4O6S2.C29H30N2O4/c1-24(25-9-5-4-6-10-25)37-18-20-38(21-19-37)29-12-7-11-27-33(29)35(41)39(34(27)40)28(26-14-15-30(44-2)31(23-26)45-3)16-17-36-47(42,43)32-13-8-22-46-32;1-23(24-9-5-4-6-10-24)36-16-18-37(19-17-36)27-12-7-11-26-32(27)34(40)38(33(26)39)28(22-35-46(41,42)31-13-8-20-45-31)25-14-15-29(43-2)30(21-25)44-3;1-34-25-12-11-21(17-26(25)35-2)19-31-28(32)24-10-6-9-23(27(24)29(31)33)22-13-15-30(16-14-22)18-20-7-4-3-5-8-20/h4-15,22-24,28,36H,16-21H2,1-3H3;4-15,20-21,23,28,35H,16-19,22H2,1-3H3;3-12,17,22H,13-16,18-19H2,1-2H3/t24-,28?;23-,28?;/m11./s1. The summed E-state index contributed by atoms with van der Waals surface area (Å²) in [6.45, 7) is 13.3. The van der Waals surface area contributed by atoms with Crippen LogP contribution in [0, 0.1) is 0 Å². The number of piperazine rings is 2. The number of fused-ring (bicyclic) bond motifs is 3. The zero-order valence-corrected chi connectivity index (χ0v) is 75.9. The van der Waals surface area contributed by atoms with Crippen LogP contribution < -0.4 is 47.7 Å². The maximum absolute atomic E-state index is 14.3. The number of carbonyl (C=O) groups is 6. The van der Waals surface area contributed by atoms with Crippen molar-refractivity contribution in [2.45, 2.75) is 84.7 Å². The van der Waals surface area contributed by atoms with Gasteiger partial charge in [-0.25, -0.2) is 26.3 Å². The number of carbonyl (C=O) groups excluding carboxylic acids is 6. The SMILES string of the molecule is COc1ccc(C(CCNS(=O)(=O)c2cccs2)N2C(=O)c3cccc(N4CCN([C@H](C)c5ccccc5)CC4)c3C2=O)cc1OC.COc1ccc(C(CNS(=O)(=O)c2cccs2)N2C(=O)c3cccc(N4CCN([C@H](C)c5ccccc5)CC4)c3C2=O)cc1OC.COc1ccc(CN2C(=O)c3cccc(C4CCN(Cc5ccccc5)CC4)c3C2=O)cc1OC. The summed E-state index contributed by atoms with van der Waals surface area (Å²) < 4.78 is 90.2. The number of thiophene rings is 2. The van der Waals surface area contributed by atoms with Crippen LogP contribution in [0.15, 0.2) is 244 Å². The lowest BCUT2D eigenvalue weighted by atomic mass is 9.85. The van der Waals surface area contributed by atoms with E-state index in [9.17, 15) is 45.6 Å². The number of methoxy groups -OCH3 is 6. The molecule has 2 aromatic heterocycles. The predicted octanol–water partition coefficient (Wildman–Crippen LogP) is 15.2. The maximum Gasteiger partial charge on any atom is 0.264 e. The lowest BCUT2D eigenvalue weighted by Gasteiger charge is -2.39. The Kier molecular flexibility index (Phi) is 28.7. The second-order valence-corrected chi connectivity index (χ2v) is 37.8. The third-order valence-corrected chi connectivity index (χ3v) is 30.5. The van der Waals surface area contributed by atoms with Crippen LogP contribution in [0.5, 0.6) is 34.5 Å². The first-order valence-corrected chi connectivity index (χ1v) is 47.3. The van der Waals surface area contributed by atoms with Gasteiger partial charge in [0, 0.05) is 84.1 Å². The first-order chi connectivity index (χ1) is 62.0. The lowest BCUT2D eigenvalue weighted by Crippen LogP contribution is -2.47. The molecule has 2 unspecified atom stereocenters. The molecule has 666 valence electrons. The van der Waals surface area contributed by atoms with E-state index in [0.29, 0.717) is 111 Å². The van der Waals surface area contributed by atoms with Gasteiger partial charge in [-0.2, -0.15) is 0 Å². The van der Waals surface area contributed by atoms with Gasteiger partial charge >= 0.3 is 0 Å². The van der Waals surface area contributed by atoms with Crippen LogP contribution in [0.3, 0.4) is 0 Å². The molecule has 2 N–H and O–H groups in total. The Morgan fingerprint density at radius 3 is 1.27 bits per heavy atom. The molecule has 0 spiro atoms. The number of rotatable bonds is 30. The number of ether oxygens (including phenoxy) is 6. The molecule has 0 saturated carbocycles. The highest BCUT2D eigenvalue weighted by Crippen LogP contribution is 2.45. The quantitative estimate of drug-likeness (QED) is 0.0396. The van der Waals surface area contributed by atoms with Crippen LogP contribution in [-0.2, 0) is 33.1 Å². The van der Waals surface area contributed by atoms with Gasteiger partial charge in [0.05, 0.1) is 106 Å². The number of imide groups is 3. The molecular formula is C98H104N10O16S4. The van der Waals surface area contributed by atoms with Gasteiger partial charge in [0.15, 0.2) is 34.5 Å². The number of nitrogens with zero attached hydrogens (tertiary/aromatic N) is 8. The molecule has 3 saturated heterocycles. The van der Waals surface area contributed by atoms with Crippen LogP contribution in [0.1, 0.15) is 164 Å². The highest BCUT2D eigenvalue weighted by molar-refractivity contribution is 7.91. The van der Waals surface area contributed by atoms with Crippen molar-refractivity contribution in [2.75, 3.05) is 131 Å². The van der Waals surface area contributed by atoms with Gasteiger partial charge in [-0.1, -0.05) is 146 Å². The van der Waals surface area contributed by atoms with Crippen LogP contribution in [0.25, 0.3) is 0 Å². The van der Waals surface area contributed by atoms with E-state index in [4.69, 9.17) is 28.4 Å². The fraction of sp³-hybridized carbons (Fsp3) is 0.306. The summed E-state index contributed by atoms with van der Waals surface area (Å²) in [6, 6.07) is 68.7. The average Bonchev–Trinajstić information content (AvgIpc) is 1.60. The number of likely N-dealkylation sites (tertiary alicyclic amines) is 1. The lowest BCUT2D eigenvalue weighted by molar-refractivity contribution is 0.0563. The van der Waals surface area contributed by atoms with E-state index in [0.717, 1.165) is 98.1 Å². The first kappa shape index (κ1) is 90.7. The van der Waals surface area contributed by atoms with Crippen molar-refractivity contribution in [3.05, 3.63) is 308 Å². The van der Waals surface area contributed by atoms with E-state index in [-0.39, 0.29) is 64.3 Å². The van der Waals surface area contributed by atoms with Crippen LogP contribution in [-0.4, -0.2) is 203 Å². The Morgan fingerprint density at radius 2 is 0.805 bits per heavy atom. The number of amides is 6. The third kappa shape index (κ3) is 19.4. The Hall–Kier alpha value is -12.1. The van der Waals surface area contributed by atoms with E-state index in [1.807, 2.05) is 72.8 Å². The maximum atomic E-state index is 14.3. The van der Waals surface area contributed by atoms with Gasteiger partial charge in [-0.05, 0) is 181 Å². The summed E-state index contributed by atoms with van der Waals surface area (Å²) in [7, 11) is 1.56. The molecule has 26 nitrogen and oxygen atoms in total. The molecule has 6 aliphatic rings. The molecule has 0 bridgehead atoms. The highest BCUT2D eigenvalue weighted by atomic mass is 32.3. The molecule has 0 radical (unpaired) electrons. The minimum atomic E-state index is -3.89. The van der Waals surface area contributed by atoms with Crippen molar-refractivity contribution in [2.24, 2.45) is 0 Å². The summed E-state index contributed by atoms with van der Waals surface area (Å²) in [4.78, 5) is 98.9. The topological polar surface area (TPSA) is 276 Å². The Bertz CT molecular complexity index is 6050. The Morgan fingerprint density at radius 1 is 0.375 bits per heavy atom. The molecule has 128 heavy (non-hydrogen) atoms. The summed E-state index contributed by atoms with van der Waals surface area (Å²) in [6.07, 6.45) is 2.10. The molecule has 4 atom stereocenters. The summed E-state index contributed by atoms with van der Waals surface area (Å²) in [5.41, 5.74) is 10.7. The normalized spacial score (nSPS) is 16.6. The van der Waals surface area contributed by atoms with E-state index < -0.39 is 55.8 Å². The van der Waals surface area contributed by atoms with Crippen molar-refractivity contribution >= 4 is 89.5 Å². The second kappa shape index (κ2) is 40.5. The molecule has 3 fully saturated rings. The molecule has 6 aliphatic heterocycles. The predicted molar refractivity (Wildman–Crippen MR) is 493 cm³/mol. The van der Waals surface area contributed by atoms with Gasteiger partial charge in [0.1, 0.15) is 8.42 Å². The molecule has 17 rings (SSSR count). The smallest absolute Gasteiger partial charge is 0.264 e. The summed E-state index contributed by atoms with van der Waals surface area (Å²) in [5, 5.41) is 3.37. The number of hydrogen-bond acceptors (Lipinski definition) is 23. The fourth-order valence-electron chi connectivity index (χ4n) is 17.9. The van der Waals surface area contributed by atoms with Crippen LogP contribution in [0.2, 0.25) is 0 Å². The number of sulfonamides is 2. The second-order valence-electron chi connectivity index (χ2n) is 31.9. The third-order valence-electron chi connectivity index (χ3n) is 24.8. The average molecular weight is 1810 g/mol. The molecule has 0 aliphatic carbocycles. The molecular weight excluding hydrogens is 1700 g/mol. The highest BCUT2D eigenvalue weighted by Gasteiger charge is 2.47. The van der Waals surface area contributed by atoms with Crippen LogP contribution >= 0.6 is 22.7 Å². The number of hydrogen-bond donors (Lipinski definition) is 2. The molecule has 11 aromatic rings. The monoisotopic (exact) mass is 1800 g/mol. The Balaban J connectivity index is 0.000000149. The molecule has 9 aromatic carbocycles. The van der Waals surface area contributed by atoms with E-state index in [1.54, 1.807) is 104 Å². The van der Waals surface area contributed by atoms with E-state index in [2.05, 4.69) is 108 Å². The van der Waals surface area contributed by atoms with Gasteiger partial charge in [0.2, 0.25) is 20.0 Å². The molecule has 6 amide bonds. The zero-order valence-electron chi connectivity index (χ0n) is 72.7. The molecule has 8 heterocycles. The number of piperidine rings is 1. The summed E-state index contributed by atoms with van der Waals surface area (Å²) in [5.74, 6) is 1.06. The van der Waals surface area contributed by atoms with Gasteiger partial charge in [-0.15, -0.1) is 22.7 Å². The van der Waals surface area contributed by atoms with Gasteiger partial charge in [-0.3, -0.25) is 58.2 Å². The van der Waals surface area contributed by atoms with Crippen LogP contribution in [0.4, 0.5) is 11.4 Å². The van der Waals surface area contributed by atoms with Crippen molar-refractivity contribution in [1.82, 2.24) is 38.8 Å². The largest absolute Gasteiger partial charge is 0.493 e. The number of nitrogens with one attached hydrogen (secondary N) is 2. The first-order valence-electron chi connectivity index (χ1n) is 42.6. The fourth-order valence-corrected chi connectivity index (χ4v) is 22.1. The number of benzene rings is 9. The van der Waals surface area contributed by atoms with Crippen molar-refractivity contribution in [3.63, 3.8) is 0 Å². The number of anilines is 2. The van der Waals surface area contributed by atoms with Crippen molar-refractivity contribution in [1.29, 1.82) is 0 Å². The molecule has 30 heteroatoms. The summed E-state index contributed by atoms with van der Waals surface area (Å²) >= 11 is 2.21. The van der Waals surface area contributed by atoms with Gasteiger partial charge in [0.25, 0.3) is 35.4 Å². The van der Waals surface area contributed by atoms with E-state index >= 15 is 0 Å². The Labute approximate surface area is 755 Å².